The van der Waals surface area contributed by atoms with Crippen LogP contribution in [0.2, 0.25) is 0 Å². The van der Waals surface area contributed by atoms with Gasteiger partial charge in [-0.15, -0.1) is 0 Å². The minimum atomic E-state index is -5.73. The molecule has 0 aliphatic heterocycles. The maximum Gasteiger partial charge on any atom is 0.366 e. The fraction of sp³-hybridized carbons (Fsp3) is 0.714. The lowest BCUT2D eigenvalue weighted by Gasteiger charge is -2.26. The van der Waals surface area contributed by atoms with Crippen molar-refractivity contribution in [2.75, 3.05) is 6.61 Å². The second-order valence-electron chi connectivity index (χ2n) is 2.89. The fourth-order valence-electron chi connectivity index (χ4n) is 0.768. The molecule has 0 spiro atoms. The maximum atomic E-state index is 12.6. The summed E-state index contributed by atoms with van der Waals surface area (Å²) >= 11 is 0. The number of aliphatic hydroxyl groups excluding tert-OH is 2. The normalized spacial score (nSPS) is 14.8. The van der Waals surface area contributed by atoms with Crippen LogP contribution >= 0.6 is 0 Å². The highest BCUT2D eigenvalue weighted by atomic mass is 19.3. The molecule has 0 aromatic rings. The molecule has 0 saturated carbocycles. The molecule has 0 saturated heterocycles. The van der Waals surface area contributed by atoms with E-state index in [0.717, 1.165) is 0 Å². The predicted octanol–water partition coefficient (Wildman–Crippen LogP) is 2.08. The smallest absolute Gasteiger partial charge is 0.366 e. The number of alkyl halides is 4. The Morgan fingerprint density at radius 1 is 1.06 bits per heavy atom. The molecular weight excluding hydrogens is 249 g/mol. The Morgan fingerprint density at radius 3 is 1.81 bits per heavy atom. The van der Waals surface area contributed by atoms with E-state index in [1.165, 1.54) is 0 Å². The molecule has 2 nitrogen and oxygen atoms in total. The average molecular weight is 256 g/mol. The van der Waals surface area contributed by atoms with Crippen LogP contribution in [-0.2, 0) is 0 Å². The van der Waals surface area contributed by atoms with E-state index in [1.807, 2.05) is 0 Å². The van der Waals surface area contributed by atoms with Crippen molar-refractivity contribution in [3.63, 3.8) is 0 Å². The molecule has 0 aromatic heterocycles. The first-order chi connectivity index (χ1) is 7.06. The van der Waals surface area contributed by atoms with E-state index in [-0.39, 0.29) is 0 Å². The zero-order valence-corrected chi connectivity index (χ0v) is 7.53. The van der Waals surface area contributed by atoms with Crippen molar-refractivity contribution in [3.05, 3.63) is 11.9 Å². The van der Waals surface area contributed by atoms with Gasteiger partial charge in [0.25, 0.3) is 0 Å². The van der Waals surface area contributed by atoms with Gasteiger partial charge in [0.2, 0.25) is 5.83 Å². The summed E-state index contributed by atoms with van der Waals surface area (Å²) in [4.78, 5) is 0. The Bertz CT molecular complexity index is 272. The molecule has 0 rings (SSSR count). The van der Waals surface area contributed by atoms with Crippen molar-refractivity contribution < 1.29 is 40.9 Å². The lowest BCUT2D eigenvalue weighted by Crippen LogP contribution is -2.44. The highest BCUT2D eigenvalue weighted by Gasteiger charge is 2.61. The molecule has 96 valence electrons. The molecule has 9 heteroatoms. The summed E-state index contributed by atoms with van der Waals surface area (Å²) in [5.74, 6) is -14.5. The van der Waals surface area contributed by atoms with Gasteiger partial charge in [0.05, 0.1) is 12.7 Å². The van der Waals surface area contributed by atoms with Gasteiger partial charge in [-0.3, -0.25) is 0 Å². The van der Waals surface area contributed by atoms with Gasteiger partial charge in [0.15, 0.2) is 0 Å². The number of hydrogen-bond donors (Lipinski definition) is 2. The van der Waals surface area contributed by atoms with Gasteiger partial charge >= 0.3 is 17.9 Å². The Kier molecular flexibility index (Phi) is 4.74. The summed E-state index contributed by atoms with van der Waals surface area (Å²) in [7, 11) is 0. The topological polar surface area (TPSA) is 40.5 Å². The third-order valence-electron chi connectivity index (χ3n) is 1.60. The molecule has 0 aliphatic rings. The molecule has 2 N–H and O–H groups in total. The number of aliphatic hydroxyl groups is 2. The molecule has 0 aromatic carbocycles. The van der Waals surface area contributed by atoms with Crippen LogP contribution in [0.1, 0.15) is 6.42 Å². The Hall–Kier alpha value is -0.830. The van der Waals surface area contributed by atoms with E-state index in [2.05, 4.69) is 0 Å². The lowest BCUT2D eigenvalue weighted by atomic mass is 10.0. The number of halogens is 7. The summed E-state index contributed by atoms with van der Waals surface area (Å²) in [6.07, 6.45) is -7.88. The Balaban J connectivity index is 5.06. The summed E-state index contributed by atoms with van der Waals surface area (Å²) in [5.41, 5.74) is 0. The number of rotatable bonds is 5. The third-order valence-corrected chi connectivity index (χ3v) is 1.60. The van der Waals surface area contributed by atoms with E-state index in [4.69, 9.17) is 10.2 Å². The summed E-state index contributed by atoms with van der Waals surface area (Å²) < 4.78 is 85.2. The van der Waals surface area contributed by atoms with Gasteiger partial charge in [-0.1, -0.05) is 0 Å². The zero-order valence-electron chi connectivity index (χ0n) is 7.53. The molecule has 1 unspecified atom stereocenters. The van der Waals surface area contributed by atoms with Crippen molar-refractivity contribution >= 4 is 0 Å². The minimum Gasteiger partial charge on any atom is -0.394 e. The van der Waals surface area contributed by atoms with Gasteiger partial charge in [0.1, 0.15) is 0 Å². The molecule has 1 atom stereocenters. The van der Waals surface area contributed by atoms with Crippen LogP contribution in [0.15, 0.2) is 11.9 Å². The quantitative estimate of drug-likeness (QED) is 0.739. The minimum absolute atomic E-state index is 1.28. The van der Waals surface area contributed by atoms with Gasteiger partial charge in [0, 0.05) is 6.42 Å². The van der Waals surface area contributed by atoms with E-state index >= 15 is 0 Å². The first-order valence-electron chi connectivity index (χ1n) is 3.82. The van der Waals surface area contributed by atoms with Crippen LogP contribution in [0.5, 0.6) is 0 Å². The molecule has 16 heavy (non-hydrogen) atoms. The van der Waals surface area contributed by atoms with Crippen LogP contribution in [-0.4, -0.2) is 34.8 Å². The Labute approximate surface area is 85.0 Å². The zero-order chi connectivity index (χ0) is 13.1. The second-order valence-corrected chi connectivity index (χ2v) is 2.89. The van der Waals surface area contributed by atoms with E-state index < -0.39 is 42.9 Å². The van der Waals surface area contributed by atoms with Crippen LogP contribution in [0.3, 0.4) is 0 Å². The standard InChI is InChI=1S/C7H7F7O2/c8-4(5(9)10)7(13,14)6(11,12)1-3(16)2-15/h3,15-16H,1-2H2. The van der Waals surface area contributed by atoms with Crippen LogP contribution in [0.4, 0.5) is 30.7 Å². The van der Waals surface area contributed by atoms with Crippen molar-refractivity contribution in [2.45, 2.75) is 24.4 Å². The van der Waals surface area contributed by atoms with Gasteiger partial charge in [-0.05, 0) is 0 Å². The first kappa shape index (κ1) is 15.2. The highest BCUT2D eigenvalue weighted by molar-refractivity contribution is 5.11. The number of allylic oxidation sites excluding steroid dienone is 1. The van der Waals surface area contributed by atoms with Gasteiger partial charge in [-0.25, -0.2) is 0 Å². The summed E-state index contributed by atoms with van der Waals surface area (Å²) in [6, 6.07) is 0. The van der Waals surface area contributed by atoms with Crippen molar-refractivity contribution in [3.8, 4) is 0 Å². The fourth-order valence-corrected chi connectivity index (χ4v) is 0.768. The van der Waals surface area contributed by atoms with E-state index in [0.29, 0.717) is 0 Å². The first-order valence-corrected chi connectivity index (χ1v) is 3.82. The molecule has 0 radical (unpaired) electrons. The van der Waals surface area contributed by atoms with Crippen molar-refractivity contribution in [1.82, 2.24) is 0 Å². The highest BCUT2D eigenvalue weighted by Crippen LogP contribution is 2.44. The van der Waals surface area contributed by atoms with Crippen LogP contribution < -0.4 is 0 Å². The SMILES string of the molecule is OCC(O)CC(F)(F)C(F)(F)C(F)=C(F)F. The average Bonchev–Trinajstić information content (AvgIpc) is 2.15. The second kappa shape index (κ2) is 5.00. The molecular formula is C7H7F7O2. The van der Waals surface area contributed by atoms with Crippen LogP contribution in [0, 0.1) is 0 Å². The summed E-state index contributed by atoms with van der Waals surface area (Å²) in [5, 5.41) is 16.6. The summed E-state index contributed by atoms with van der Waals surface area (Å²) in [6.45, 7) is -1.28. The molecule has 0 fully saturated rings. The molecule has 0 bridgehead atoms. The van der Waals surface area contributed by atoms with E-state index in [1.54, 1.807) is 0 Å². The predicted molar refractivity (Wildman–Crippen MR) is 38.0 cm³/mol. The van der Waals surface area contributed by atoms with E-state index in [9.17, 15) is 30.7 Å². The molecule has 0 amide bonds. The third kappa shape index (κ3) is 3.08. The maximum absolute atomic E-state index is 12.6. The Morgan fingerprint density at radius 2 is 1.50 bits per heavy atom. The monoisotopic (exact) mass is 256 g/mol. The van der Waals surface area contributed by atoms with Gasteiger partial charge < -0.3 is 10.2 Å². The molecule has 0 aliphatic carbocycles. The number of hydrogen-bond acceptors (Lipinski definition) is 2. The van der Waals surface area contributed by atoms with Gasteiger partial charge in [-0.2, -0.15) is 30.7 Å². The van der Waals surface area contributed by atoms with Crippen molar-refractivity contribution in [1.29, 1.82) is 0 Å². The van der Waals surface area contributed by atoms with Crippen molar-refractivity contribution in [2.24, 2.45) is 0 Å². The lowest BCUT2D eigenvalue weighted by molar-refractivity contribution is -0.212. The van der Waals surface area contributed by atoms with Crippen LogP contribution in [0.25, 0.3) is 0 Å². The largest absolute Gasteiger partial charge is 0.394 e. The molecule has 0 heterocycles.